The number of aromatic amines is 1. The smallest absolute Gasteiger partial charge is 0.343 e. The van der Waals surface area contributed by atoms with Gasteiger partial charge in [0.1, 0.15) is 5.54 Å². The van der Waals surface area contributed by atoms with Crippen LogP contribution in [0.4, 0.5) is 0 Å². The number of H-pyrrole nitrogens is 1. The van der Waals surface area contributed by atoms with Crippen LogP contribution in [0.3, 0.4) is 0 Å². The molecule has 20 heavy (non-hydrogen) atoms. The molecule has 1 aromatic rings. The Morgan fingerprint density at radius 2 is 2.30 bits per heavy atom. The van der Waals surface area contributed by atoms with Crippen LogP contribution >= 0.6 is 11.8 Å². The van der Waals surface area contributed by atoms with Crippen LogP contribution in [0.25, 0.3) is 0 Å². The van der Waals surface area contributed by atoms with E-state index in [1.807, 2.05) is 13.8 Å². The number of methoxy groups -OCH3 is 1. The van der Waals surface area contributed by atoms with Crippen LogP contribution in [0.1, 0.15) is 27.2 Å². The monoisotopic (exact) mass is 302 g/mol. The highest BCUT2D eigenvalue weighted by Crippen LogP contribution is 2.27. The van der Waals surface area contributed by atoms with Crippen LogP contribution < -0.4 is 11.0 Å². The number of carbonyl (C=O) groups excluding carboxylic acids is 1. The summed E-state index contributed by atoms with van der Waals surface area (Å²) in [5.74, 6) is -0.303. The van der Waals surface area contributed by atoms with Crippen molar-refractivity contribution in [3.8, 4) is 0 Å². The largest absolute Gasteiger partial charge is 0.468 e. The van der Waals surface area contributed by atoms with Gasteiger partial charge in [-0.25, -0.2) is 9.89 Å². The molecule has 1 heterocycles. The molecule has 8 heteroatoms. The van der Waals surface area contributed by atoms with Gasteiger partial charge in [0, 0.05) is 11.8 Å². The van der Waals surface area contributed by atoms with Crippen molar-refractivity contribution >= 4 is 17.7 Å². The van der Waals surface area contributed by atoms with Gasteiger partial charge in [-0.15, -0.1) is 5.10 Å². The van der Waals surface area contributed by atoms with Gasteiger partial charge in [-0.3, -0.25) is 9.36 Å². The zero-order chi connectivity index (χ0) is 15.3. The molecule has 0 saturated heterocycles. The highest BCUT2D eigenvalue weighted by atomic mass is 32.2. The summed E-state index contributed by atoms with van der Waals surface area (Å²) in [5, 5.41) is 10.2. The topological polar surface area (TPSA) is 89.0 Å². The molecule has 2 N–H and O–H groups in total. The van der Waals surface area contributed by atoms with Crippen molar-refractivity contribution in [2.75, 3.05) is 14.2 Å². The summed E-state index contributed by atoms with van der Waals surface area (Å²) in [6.07, 6.45) is 0.561. The Balaban J connectivity index is 2.78. The van der Waals surface area contributed by atoms with Gasteiger partial charge < -0.3 is 10.1 Å². The third-order valence-electron chi connectivity index (χ3n) is 3.23. The zero-order valence-electron chi connectivity index (χ0n) is 12.5. The number of rotatable bonds is 7. The molecule has 114 valence electrons. The lowest BCUT2D eigenvalue weighted by atomic mass is 9.96. The first-order valence-electron chi connectivity index (χ1n) is 6.47. The molecule has 7 nitrogen and oxygen atoms in total. The maximum Gasteiger partial charge on any atom is 0.343 e. The average Bonchev–Trinajstić information content (AvgIpc) is 2.77. The number of aromatic nitrogens is 3. The van der Waals surface area contributed by atoms with Crippen LogP contribution in [-0.4, -0.2) is 45.7 Å². The van der Waals surface area contributed by atoms with Crippen LogP contribution in [-0.2, 0) is 16.1 Å². The van der Waals surface area contributed by atoms with E-state index in [4.69, 9.17) is 4.74 Å². The second-order valence-corrected chi connectivity index (χ2v) is 6.17. The van der Waals surface area contributed by atoms with Gasteiger partial charge in [0.15, 0.2) is 5.16 Å². The first-order valence-corrected chi connectivity index (χ1v) is 7.35. The van der Waals surface area contributed by atoms with Gasteiger partial charge in [0.25, 0.3) is 0 Å². The molecule has 0 radical (unpaired) electrons. The van der Waals surface area contributed by atoms with Crippen molar-refractivity contribution in [3.63, 3.8) is 0 Å². The van der Waals surface area contributed by atoms with Gasteiger partial charge in [-0.1, -0.05) is 18.7 Å². The van der Waals surface area contributed by atoms with Crippen LogP contribution in [0.15, 0.2) is 9.95 Å². The molecular weight excluding hydrogens is 280 g/mol. The Morgan fingerprint density at radius 1 is 1.65 bits per heavy atom. The minimum absolute atomic E-state index is 0.0899. The van der Waals surface area contributed by atoms with E-state index < -0.39 is 5.54 Å². The second kappa shape index (κ2) is 6.94. The third-order valence-corrected chi connectivity index (χ3v) is 4.32. The number of esters is 1. The van der Waals surface area contributed by atoms with E-state index in [-0.39, 0.29) is 16.9 Å². The quantitative estimate of drug-likeness (QED) is 0.567. The number of likely N-dealkylation sites (N-methyl/N-ethyl adjacent to an activating group) is 1. The highest BCUT2D eigenvalue weighted by Gasteiger charge is 2.34. The Hall–Kier alpha value is -1.28. The molecule has 0 aliphatic rings. The summed E-state index contributed by atoms with van der Waals surface area (Å²) in [6.45, 7) is 6.23. The van der Waals surface area contributed by atoms with Crippen molar-refractivity contribution in [3.05, 3.63) is 10.5 Å². The number of nitrogens with one attached hydrogen (secondary N) is 2. The van der Waals surface area contributed by atoms with Crippen molar-refractivity contribution in [2.45, 2.75) is 49.7 Å². The molecular formula is C12H22N4O3S. The van der Waals surface area contributed by atoms with E-state index in [0.29, 0.717) is 18.1 Å². The summed E-state index contributed by atoms with van der Waals surface area (Å²) in [5.41, 5.74) is -0.971. The number of thioether (sulfide) groups is 1. The molecule has 0 bridgehead atoms. The van der Waals surface area contributed by atoms with Gasteiger partial charge in [-0.05, 0) is 27.3 Å². The molecule has 2 unspecified atom stereocenters. The molecule has 0 fully saturated rings. The van der Waals surface area contributed by atoms with Gasteiger partial charge >= 0.3 is 11.7 Å². The van der Waals surface area contributed by atoms with Gasteiger partial charge in [-0.2, -0.15) is 0 Å². The highest BCUT2D eigenvalue weighted by molar-refractivity contribution is 7.99. The Bertz CT molecular complexity index is 513. The lowest BCUT2D eigenvalue weighted by Crippen LogP contribution is -2.49. The normalized spacial score (nSPS) is 15.7. The van der Waals surface area contributed by atoms with Gasteiger partial charge in [0.2, 0.25) is 0 Å². The average molecular weight is 302 g/mol. The maximum atomic E-state index is 11.8. The van der Waals surface area contributed by atoms with Crippen LogP contribution in [0, 0.1) is 0 Å². The number of nitrogens with zero attached hydrogens (tertiary/aromatic N) is 2. The van der Waals surface area contributed by atoms with Crippen molar-refractivity contribution in [1.29, 1.82) is 0 Å². The Kier molecular flexibility index (Phi) is 5.82. The van der Waals surface area contributed by atoms with Crippen molar-refractivity contribution in [1.82, 2.24) is 20.1 Å². The fourth-order valence-electron chi connectivity index (χ4n) is 1.98. The SMILES string of the molecule is CCn1c(SC(C)CC(C)(NC)C(=O)OC)n[nH]c1=O. The summed E-state index contributed by atoms with van der Waals surface area (Å²) < 4.78 is 6.38. The summed E-state index contributed by atoms with van der Waals surface area (Å²) >= 11 is 1.46. The molecule has 0 aliphatic heterocycles. The predicted octanol–water partition coefficient (Wildman–Crippen LogP) is 0.613. The third kappa shape index (κ3) is 3.63. The first-order chi connectivity index (χ1) is 9.37. The van der Waals surface area contributed by atoms with Crippen molar-refractivity contribution in [2.24, 2.45) is 0 Å². The Labute approximate surface area is 122 Å². The predicted molar refractivity (Wildman–Crippen MR) is 77.9 cm³/mol. The number of ether oxygens (including phenoxy) is 1. The first kappa shape index (κ1) is 16.8. The van der Waals surface area contributed by atoms with E-state index >= 15 is 0 Å². The van der Waals surface area contributed by atoms with Gasteiger partial charge in [0.05, 0.1) is 7.11 Å². The van der Waals surface area contributed by atoms with E-state index in [0.717, 1.165) is 0 Å². The Morgan fingerprint density at radius 3 is 2.80 bits per heavy atom. The number of hydrogen-bond acceptors (Lipinski definition) is 6. The molecule has 0 aromatic carbocycles. The van der Waals surface area contributed by atoms with Crippen LogP contribution in [0.2, 0.25) is 0 Å². The van der Waals surface area contributed by atoms with E-state index in [9.17, 15) is 9.59 Å². The second-order valence-electron chi connectivity index (χ2n) is 4.76. The summed E-state index contributed by atoms with van der Waals surface area (Å²) in [4.78, 5) is 23.3. The maximum absolute atomic E-state index is 11.8. The number of hydrogen-bond donors (Lipinski definition) is 2. The lowest BCUT2D eigenvalue weighted by Gasteiger charge is -2.28. The molecule has 0 saturated carbocycles. The standard InChI is InChI=1S/C12H22N4O3S/c1-6-16-10(18)14-15-11(16)20-8(2)7-12(3,13-4)9(17)19-5/h8,13H,6-7H2,1-5H3,(H,14,18). The fourth-order valence-corrected chi connectivity index (χ4v) is 3.20. The zero-order valence-corrected chi connectivity index (χ0v) is 13.3. The molecule has 1 rings (SSSR count). The minimum atomic E-state index is -0.755. The van der Waals surface area contributed by atoms with E-state index in [2.05, 4.69) is 15.5 Å². The lowest BCUT2D eigenvalue weighted by molar-refractivity contribution is -0.147. The van der Waals surface area contributed by atoms with Crippen molar-refractivity contribution < 1.29 is 9.53 Å². The fraction of sp³-hybridized carbons (Fsp3) is 0.750. The molecule has 0 spiro atoms. The molecule has 0 aliphatic carbocycles. The molecule has 2 atom stereocenters. The summed E-state index contributed by atoms with van der Waals surface area (Å²) in [6, 6.07) is 0. The van der Waals surface area contributed by atoms with E-state index in [1.54, 1.807) is 18.5 Å². The molecule has 1 aromatic heterocycles. The van der Waals surface area contributed by atoms with E-state index in [1.165, 1.54) is 18.9 Å². The molecule has 0 amide bonds. The minimum Gasteiger partial charge on any atom is -0.468 e. The van der Waals surface area contributed by atoms with Crippen LogP contribution in [0.5, 0.6) is 0 Å². The summed E-state index contributed by atoms with van der Waals surface area (Å²) in [7, 11) is 3.10. The number of carbonyl (C=O) groups is 1.